The molecule has 1 atom stereocenters. The number of rotatable bonds is 7. The third kappa shape index (κ3) is 7.29. The summed E-state index contributed by atoms with van der Waals surface area (Å²) >= 11 is 0. The highest BCUT2D eigenvalue weighted by atomic mass is 127. The van der Waals surface area contributed by atoms with Gasteiger partial charge in [-0.05, 0) is 31.2 Å². The molecule has 136 valence electrons. The van der Waals surface area contributed by atoms with E-state index >= 15 is 0 Å². The highest BCUT2D eigenvalue weighted by Gasteiger charge is 2.10. The number of nitrogens with zero attached hydrogens (tertiary/aromatic N) is 3. The van der Waals surface area contributed by atoms with Crippen LogP contribution in [0.25, 0.3) is 0 Å². The molecule has 1 heterocycles. The quantitative estimate of drug-likeness (QED) is 0.385. The molecule has 1 unspecified atom stereocenters. The highest BCUT2D eigenvalue weighted by Crippen LogP contribution is 2.13. The molecule has 0 fully saturated rings. The average molecular weight is 453 g/mol. The molecule has 2 aromatic rings. The summed E-state index contributed by atoms with van der Waals surface area (Å²) in [6.45, 7) is 3.81. The van der Waals surface area contributed by atoms with Gasteiger partial charge in [0.2, 0.25) is 0 Å². The van der Waals surface area contributed by atoms with Crippen molar-refractivity contribution in [3.8, 4) is 0 Å². The van der Waals surface area contributed by atoms with Crippen molar-refractivity contribution in [1.29, 1.82) is 0 Å². The highest BCUT2D eigenvalue weighted by molar-refractivity contribution is 14.0. The van der Waals surface area contributed by atoms with Crippen LogP contribution in [-0.2, 0) is 6.42 Å². The first kappa shape index (κ1) is 21.2. The molecule has 0 spiro atoms. The van der Waals surface area contributed by atoms with E-state index in [2.05, 4.69) is 63.7 Å². The number of likely N-dealkylation sites (N-methyl/N-ethyl adjacent to an activating group) is 1. The second-order valence-corrected chi connectivity index (χ2v) is 5.75. The van der Waals surface area contributed by atoms with Crippen molar-refractivity contribution in [1.82, 2.24) is 15.6 Å². The average Bonchev–Trinajstić information content (AvgIpc) is 2.65. The van der Waals surface area contributed by atoms with Gasteiger partial charge >= 0.3 is 0 Å². The molecule has 6 heteroatoms. The van der Waals surface area contributed by atoms with Gasteiger partial charge in [-0.3, -0.25) is 9.98 Å². The van der Waals surface area contributed by atoms with Crippen LogP contribution < -0.4 is 15.5 Å². The Kier molecular flexibility index (Phi) is 9.91. The maximum absolute atomic E-state index is 4.33. The molecule has 0 aliphatic heterocycles. The molecule has 0 radical (unpaired) electrons. The van der Waals surface area contributed by atoms with Gasteiger partial charge in [-0.25, -0.2) is 0 Å². The lowest BCUT2D eigenvalue weighted by Gasteiger charge is -2.27. The van der Waals surface area contributed by atoms with Crippen LogP contribution >= 0.6 is 24.0 Å². The number of hydrogen-bond donors (Lipinski definition) is 2. The van der Waals surface area contributed by atoms with Gasteiger partial charge in [0.25, 0.3) is 0 Å². The number of halogens is 1. The summed E-state index contributed by atoms with van der Waals surface area (Å²) in [5.74, 6) is 0.819. The first-order valence-corrected chi connectivity index (χ1v) is 8.33. The number of para-hydroxylation sites is 1. The molecule has 1 aromatic carbocycles. The molecule has 0 aliphatic carbocycles. The number of benzene rings is 1. The van der Waals surface area contributed by atoms with Gasteiger partial charge in [-0.2, -0.15) is 0 Å². The fourth-order valence-electron chi connectivity index (χ4n) is 2.37. The SMILES string of the molecule is CN=C(NCCc1ccccn1)NCC(C)N(C)c1ccccc1.I. The van der Waals surface area contributed by atoms with E-state index in [-0.39, 0.29) is 24.0 Å². The maximum atomic E-state index is 4.33. The van der Waals surface area contributed by atoms with Gasteiger partial charge < -0.3 is 15.5 Å². The predicted molar refractivity (Wildman–Crippen MR) is 117 cm³/mol. The molecule has 5 nitrogen and oxygen atoms in total. The first-order valence-electron chi connectivity index (χ1n) is 8.33. The minimum Gasteiger partial charge on any atom is -0.370 e. The smallest absolute Gasteiger partial charge is 0.191 e. The van der Waals surface area contributed by atoms with Crippen LogP contribution in [0.1, 0.15) is 12.6 Å². The number of guanidine groups is 1. The molecule has 2 N–H and O–H groups in total. The van der Waals surface area contributed by atoms with E-state index in [1.54, 1.807) is 7.05 Å². The summed E-state index contributed by atoms with van der Waals surface area (Å²) in [6.07, 6.45) is 2.70. The van der Waals surface area contributed by atoms with Crippen LogP contribution in [0.2, 0.25) is 0 Å². The van der Waals surface area contributed by atoms with Gasteiger partial charge in [-0.15, -0.1) is 24.0 Å². The molecule has 0 saturated heterocycles. The summed E-state index contributed by atoms with van der Waals surface area (Å²) in [5.41, 5.74) is 2.29. The van der Waals surface area contributed by atoms with Gasteiger partial charge in [0.15, 0.2) is 5.96 Å². The summed E-state index contributed by atoms with van der Waals surface area (Å²) in [5, 5.41) is 6.72. The third-order valence-electron chi connectivity index (χ3n) is 4.01. The van der Waals surface area contributed by atoms with Gasteiger partial charge in [0.1, 0.15) is 0 Å². The van der Waals surface area contributed by atoms with Crippen molar-refractivity contribution >= 4 is 35.6 Å². The van der Waals surface area contributed by atoms with Crippen molar-refractivity contribution in [2.45, 2.75) is 19.4 Å². The Bertz CT molecular complexity index is 618. The van der Waals surface area contributed by atoms with Crippen molar-refractivity contribution in [2.75, 3.05) is 32.1 Å². The Balaban J connectivity index is 0.00000312. The molecule has 0 aliphatic rings. The van der Waals surface area contributed by atoms with E-state index in [0.29, 0.717) is 6.04 Å². The Morgan fingerprint density at radius 2 is 1.84 bits per heavy atom. The van der Waals surface area contributed by atoms with Crippen LogP contribution in [-0.4, -0.2) is 44.2 Å². The standard InChI is InChI=1S/C19H27N5.HI/c1-16(24(3)18-10-5-4-6-11-18)15-23-19(20-2)22-14-12-17-9-7-8-13-21-17;/h4-11,13,16H,12,14-15H2,1-3H3,(H2,20,22,23);1H. The molecule has 0 amide bonds. The molecule has 0 bridgehead atoms. The van der Waals surface area contributed by atoms with Crippen LogP contribution in [0.4, 0.5) is 5.69 Å². The van der Waals surface area contributed by atoms with Gasteiger partial charge in [0, 0.05) is 57.2 Å². The second-order valence-electron chi connectivity index (χ2n) is 5.75. The van der Waals surface area contributed by atoms with Gasteiger partial charge in [-0.1, -0.05) is 24.3 Å². The Hall–Kier alpha value is -1.83. The van der Waals surface area contributed by atoms with Crippen LogP contribution in [0.5, 0.6) is 0 Å². The number of hydrogen-bond acceptors (Lipinski definition) is 3. The van der Waals surface area contributed by atoms with Crippen molar-refractivity contribution in [3.63, 3.8) is 0 Å². The van der Waals surface area contributed by atoms with Crippen molar-refractivity contribution < 1.29 is 0 Å². The zero-order valence-electron chi connectivity index (χ0n) is 15.1. The molecular weight excluding hydrogens is 425 g/mol. The number of aromatic nitrogens is 1. The minimum absolute atomic E-state index is 0. The summed E-state index contributed by atoms with van der Waals surface area (Å²) in [6, 6.07) is 16.7. The molecule has 1 aromatic heterocycles. The molecular formula is C19H28IN5. The van der Waals surface area contributed by atoms with E-state index in [1.165, 1.54) is 5.69 Å². The lowest BCUT2D eigenvalue weighted by molar-refractivity contribution is 0.648. The molecule has 25 heavy (non-hydrogen) atoms. The Morgan fingerprint density at radius 1 is 1.12 bits per heavy atom. The van der Waals surface area contributed by atoms with E-state index in [1.807, 2.05) is 30.5 Å². The van der Waals surface area contributed by atoms with Crippen LogP contribution in [0.15, 0.2) is 59.7 Å². The monoisotopic (exact) mass is 453 g/mol. The zero-order chi connectivity index (χ0) is 17.2. The second kappa shape index (κ2) is 11.7. The van der Waals surface area contributed by atoms with Crippen LogP contribution in [0.3, 0.4) is 0 Å². The zero-order valence-corrected chi connectivity index (χ0v) is 17.5. The fourth-order valence-corrected chi connectivity index (χ4v) is 2.37. The largest absolute Gasteiger partial charge is 0.370 e. The summed E-state index contributed by atoms with van der Waals surface area (Å²) in [4.78, 5) is 10.9. The number of pyridine rings is 1. The number of aliphatic imine (C=N–C) groups is 1. The van der Waals surface area contributed by atoms with E-state index in [9.17, 15) is 0 Å². The van der Waals surface area contributed by atoms with E-state index in [4.69, 9.17) is 0 Å². The maximum Gasteiger partial charge on any atom is 0.191 e. The summed E-state index contributed by atoms with van der Waals surface area (Å²) < 4.78 is 0. The van der Waals surface area contributed by atoms with E-state index in [0.717, 1.165) is 31.2 Å². The lowest BCUT2D eigenvalue weighted by Crippen LogP contribution is -2.45. The number of nitrogens with one attached hydrogen (secondary N) is 2. The summed E-state index contributed by atoms with van der Waals surface area (Å²) in [7, 11) is 3.90. The topological polar surface area (TPSA) is 52.6 Å². The Labute approximate surface area is 168 Å². The van der Waals surface area contributed by atoms with Crippen molar-refractivity contribution in [3.05, 3.63) is 60.4 Å². The normalized spacial score (nSPS) is 12.0. The number of anilines is 1. The molecule has 2 rings (SSSR count). The fraction of sp³-hybridized carbons (Fsp3) is 0.368. The lowest BCUT2D eigenvalue weighted by atomic mass is 10.2. The Morgan fingerprint density at radius 3 is 2.48 bits per heavy atom. The van der Waals surface area contributed by atoms with Crippen LogP contribution in [0, 0.1) is 0 Å². The minimum atomic E-state index is 0. The van der Waals surface area contributed by atoms with Crippen molar-refractivity contribution in [2.24, 2.45) is 4.99 Å². The predicted octanol–water partition coefficient (Wildman–Crippen LogP) is 2.93. The van der Waals surface area contributed by atoms with Gasteiger partial charge in [0.05, 0.1) is 0 Å². The van der Waals surface area contributed by atoms with E-state index < -0.39 is 0 Å². The third-order valence-corrected chi connectivity index (χ3v) is 4.01. The molecule has 0 saturated carbocycles. The first-order chi connectivity index (χ1) is 11.7.